The minimum Gasteiger partial charge on any atom is -0.391 e. The zero-order chi connectivity index (χ0) is 23.0. The summed E-state index contributed by atoms with van der Waals surface area (Å²) in [7, 11) is -2.16. The number of alkyl halides is 1. The Balaban J connectivity index is 1.61. The third-order valence-corrected chi connectivity index (χ3v) is 7.18. The van der Waals surface area contributed by atoms with E-state index in [0.29, 0.717) is 17.6 Å². The number of aromatic nitrogens is 6. The molecule has 12 nitrogen and oxygen atoms in total. The Morgan fingerprint density at radius 3 is 2.78 bits per heavy atom. The summed E-state index contributed by atoms with van der Waals surface area (Å²) in [5.74, 6) is 0.535. The first kappa shape index (κ1) is 22.4. The van der Waals surface area contributed by atoms with Crippen LogP contribution in [-0.2, 0) is 17.1 Å². The summed E-state index contributed by atoms with van der Waals surface area (Å²) in [6, 6.07) is -1.12. The summed E-state index contributed by atoms with van der Waals surface area (Å²) < 4.78 is 43.0. The highest BCUT2D eigenvalue weighted by Gasteiger charge is 2.41. The molecular weight excluding hydrogens is 441 g/mol. The van der Waals surface area contributed by atoms with Gasteiger partial charge in [-0.3, -0.25) is 0 Å². The van der Waals surface area contributed by atoms with Crippen molar-refractivity contribution in [2.24, 2.45) is 7.05 Å². The first-order chi connectivity index (χ1) is 15.2. The van der Waals surface area contributed by atoms with Crippen molar-refractivity contribution < 1.29 is 17.9 Å². The SMILES string of the molecule is CC[C@H](Nc1nc(N[C@@H]2CN(S(=O)(=O)c3ncc[nH]3)C[C@H]2F)c2ncn(C)c2n1)[C@@H](C)O. The third kappa shape index (κ3) is 4.12. The zero-order valence-corrected chi connectivity index (χ0v) is 18.7. The van der Waals surface area contributed by atoms with Crippen LogP contribution in [0.1, 0.15) is 20.3 Å². The predicted molar refractivity (Wildman–Crippen MR) is 115 cm³/mol. The number of anilines is 2. The van der Waals surface area contributed by atoms with Gasteiger partial charge in [0, 0.05) is 32.5 Å². The first-order valence-electron chi connectivity index (χ1n) is 10.2. The van der Waals surface area contributed by atoms with Crippen LogP contribution in [0.25, 0.3) is 11.2 Å². The summed E-state index contributed by atoms with van der Waals surface area (Å²) in [5.41, 5.74) is 0.946. The van der Waals surface area contributed by atoms with E-state index < -0.39 is 28.3 Å². The first-order valence-corrected chi connectivity index (χ1v) is 11.7. The van der Waals surface area contributed by atoms with Gasteiger partial charge in [-0.1, -0.05) is 6.92 Å². The molecular formula is C18H26FN9O3S. The molecule has 4 N–H and O–H groups in total. The number of nitrogens with one attached hydrogen (secondary N) is 3. The summed E-state index contributed by atoms with van der Waals surface area (Å²) in [5, 5.41) is 15.8. The van der Waals surface area contributed by atoms with E-state index in [1.165, 1.54) is 12.4 Å². The van der Waals surface area contributed by atoms with E-state index in [-0.39, 0.29) is 36.1 Å². The van der Waals surface area contributed by atoms with Gasteiger partial charge in [0.15, 0.2) is 17.0 Å². The number of hydrogen-bond acceptors (Lipinski definition) is 9. The molecule has 0 unspecified atom stereocenters. The second-order valence-electron chi connectivity index (χ2n) is 7.81. The van der Waals surface area contributed by atoms with Gasteiger partial charge >= 0.3 is 0 Å². The maximum Gasteiger partial charge on any atom is 0.276 e. The second kappa shape index (κ2) is 8.60. The fourth-order valence-corrected chi connectivity index (χ4v) is 5.00. The number of H-pyrrole nitrogens is 1. The largest absolute Gasteiger partial charge is 0.391 e. The minimum atomic E-state index is -3.93. The Kier molecular flexibility index (Phi) is 6.01. The van der Waals surface area contributed by atoms with Gasteiger partial charge in [0.25, 0.3) is 10.0 Å². The van der Waals surface area contributed by atoms with Gasteiger partial charge < -0.3 is 25.3 Å². The van der Waals surface area contributed by atoms with E-state index in [1.54, 1.807) is 24.9 Å². The van der Waals surface area contributed by atoms with Gasteiger partial charge in [-0.15, -0.1) is 0 Å². The average molecular weight is 468 g/mol. The van der Waals surface area contributed by atoms with Crippen LogP contribution in [0.3, 0.4) is 0 Å². The Bertz CT molecular complexity index is 1180. The lowest BCUT2D eigenvalue weighted by atomic mass is 10.1. The molecule has 4 rings (SSSR count). The van der Waals surface area contributed by atoms with E-state index in [0.717, 1.165) is 4.31 Å². The molecule has 1 fully saturated rings. The molecule has 1 aliphatic heterocycles. The molecule has 0 spiro atoms. The van der Waals surface area contributed by atoms with Crippen molar-refractivity contribution in [2.75, 3.05) is 23.7 Å². The molecule has 174 valence electrons. The number of hydrogen-bond donors (Lipinski definition) is 4. The van der Waals surface area contributed by atoms with E-state index in [2.05, 4.69) is 35.6 Å². The van der Waals surface area contributed by atoms with E-state index in [4.69, 9.17) is 0 Å². The Morgan fingerprint density at radius 1 is 1.34 bits per heavy atom. The molecule has 3 aromatic heterocycles. The van der Waals surface area contributed by atoms with Gasteiger partial charge in [0.1, 0.15) is 6.17 Å². The lowest BCUT2D eigenvalue weighted by Gasteiger charge is -2.21. The number of fused-ring (bicyclic) bond motifs is 1. The minimum absolute atomic E-state index is 0.101. The third-order valence-electron chi connectivity index (χ3n) is 5.49. The van der Waals surface area contributed by atoms with Crippen molar-refractivity contribution in [1.82, 2.24) is 33.8 Å². The van der Waals surface area contributed by atoms with Crippen LogP contribution in [0.5, 0.6) is 0 Å². The molecule has 4 atom stereocenters. The zero-order valence-electron chi connectivity index (χ0n) is 17.9. The number of aliphatic hydroxyl groups excluding tert-OH is 1. The van der Waals surface area contributed by atoms with Crippen molar-refractivity contribution in [3.05, 3.63) is 18.7 Å². The van der Waals surface area contributed by atoms with Crippen LogP contribution in [0, 0.1) is 0 Å². The number of halogens is 1. The molecule has 0 radical (unpaired) electrons. The van der Waals surface area contributed by atoms with Crippen molar-refractivity contribution in [2.45, 2.75) is 49.8 Å². The standard InChI is InChI=1S/C18H26FN9O3S/c1-4-12(10(2)29)24-17-25-15(14-16(26-17)27(3)9-22-14)23-13-8-28(7-11(13)19)32(30,31)18-20-5-6-21-18/h5-6,9-13,29H,4,7-8H2,1-3H3,(H,20,21)(H2,23,24,25,26)/t10-,11-,12+,13-/m1/s1. The molecule has 4 heterocycles. The van der Waals surface area contributed by atoms with Crippen molar-refractivity contribution in [3.63, 3.8) is 0 Å². The highest BCUT2D eigenvalue weighted by molar-refractivity contribution is 7.89. The van der Waals surface area contributed by atoms with Crippen molar-refractivity contribution >= 4 is 33.0 Å². The highest BCUT2D eigenvalue weighted by atomic mass is 32.2. The summed E-state index contributed by atoms with van der Waals surface area (Å²) in [6.45, 7) is 3.19. The molecule has 0 bridgehead atoms. The van der Waals surface area contributed by atoms with Crippen LogP contribution < -0.4 is 10.6 Å². The van der Waals surface area contributed by atoms with Gasteiger partial charge in [-0.05, 0) is 13.3 Å². The van der Waals surface area contributed by atoms with Crippen molar-refractivity contribution in [3.8, 4) is 0 Å². The van der Waals surface area contributed by atoms with Crippen LogP contribution in [0.15, 0.2) is 23.9 Å². The van der Waals surface area contributed by atoms with Crippen LogP contribution in [0.2, 0.25) is 0 Å². The number of sulfonamides is 1. The molecule has 32 heavy (non-hydrogen) atoms. The smallest absolute Gasteiger partial charge is 0.276 e. The molecule has 0 saturated carbocycles. The lowest BCUT2D eigenvalue weighted by molar-refractivity contribution is 0.169. The Labute approximate surface area is 184 Å². The Hall–Kier alpha value is -2.84. The monoisotopic (exact) mass is 467 g/mol. The maximum absolute atomic E-state index is 14.9. The number of aliphatic hydroxyl groups is 1. The molecule has 1 aliphatic rings. The van der Waals surface area contributed by atoms with E-state index in [9.17, 15) is 17.9 Å². The van der Waals surface area contributed by atoms with Crippen LogP contribution >= 0.6 is 0 Å². The number of aromatic amines is 1. The van der Waals surface area contributed by atoms with Gasteiger partial charge in [0.2, 0.25) is 11.1 Å². The molecule has 1 saturated heterocycles. The van der Waals surface area contributed by atoms with Crippen LogP contribution in [-0.4, -0.2) is 84.8 Å². The fourth-order valence-electron chi connectivity index (χ4n) is 3.65. The topological polar surface area (TPSA) is 154 Å². The number of aryl methyl sites for hydroxylation is 1. The summed E-state index contributed by atoms with van der Waals surface area (Å²) in [6.07, 6.45) is 2.83. The van der Waals surface area contributed by atoms with Gasteiger partial charge in [0.05, 0.1) is 24.5 Å². The fraction of sp³-hybridized carbons (Fsp3) is 0.556. The maximum atomic E-state index is 14.9. The second-order valence-corrected chi connectivity index (χ2v) is 9.66. The number of rotatable bonds is 8. The number of nitrogens with zero attached hydrogens (tertiary/aromatic N) is 6. The van der Waals surface area contributed by atoms with Crippen LogP contribution in [0.4, 0.5) is 16.2 Å². The quantitative estimate of drug-likeness (QED) is 0.370. The number of imidazole rings is 2. The van der Waals surface area contributed by atoms with Crippen molar-refractivity contribution in [1.29, 1.82) is 0 Å². The van der Waals surface area contributed by atoms with E-state index >= 15 is 0 Å². The summed E-state index contributed by atoms with van der Waals surface area (Å²) in [4.78, 5) is 19.5. The Morgan fingerprint density at radius 2 is 2.12 bits per heavy atom. The predicted octanol–water partition coefficient (Wildman–Crippen LogP) is 0.481. The molecule has 3 aromatic rings. The van der Waals surface area contributed by atoms with Gasteiger partial charge in [-0.2, -0.15) is 14.3 Å². The van der Waals surface area contributed by atoms with E-state index in [1.807, 2.05) is 6.92 Å². The molecule has 0 amide bonds. The average Bonchev–Trinajstić information content (AvgIpc) is 3.48. The highest BCUT2D eigenvalue weighted by Crippen LogP contribution is 2.27. The normalized spacial score (nSPS) is 21.7. The molecule has 0 aliphatic carbocycles. The molecule has 14 heteroatoms. The molecule has 0 aromatic carbocycles. The van der Waals surface area contributed by atoms with Gasteiger partial charge in [-0.25, -0.2) is 22.8 Å². The lowest BCUT2D eigenvalue weighted by Crippen LogP contribution is -2.33. The summed E-state index contributed by atoms with van der Waals surface area (Å²) >= 11 is 0.